The lowest BCUT2D eigenvalue weighted by molar-refractivity contribution is 0.635. The Hall–Kier alpha value is -0.890. The van der Waals surface area contributed by atoms with Gasteiger partial charge >= 0.3 is 0 Å². The van der Waals surface area contributed by atoms with Gasteiger partial charge in [0.2, 0.25) is 0 Å². The van der Waals surface area contributed by atoms with Crippen LogP contribution in [0.3, 0.4) is 0 Å². The highest BCUT2D eigenvalue weighted by molar-refractivity contribution is 5.17. The number of aromatic nitrogens is 1. The van der Waals surface area contributed by atoms with E-state index in [2.05, 4.69) is 31.0 Å². The van der Waals surface area contributed by atoms with Gasteiger partial charge in [-0.25, -0.2) is 0 Å². The molecule has 2 nitrogen and oxygen atoms in total. The second-order valence-corrected chi connectivity index (χ2v) is 4.13. The molecule has 0 aliphatic rings. The van der Waals surface area contributed by atoms with E-state index in [-0.39, 0.29) is 6.04 Å². The summed E-state index contributed by atoms with van der Waals surface area (Å²) in [6.45, 7) is 4.33. The molecule has 2 heteroatoms. The minimum atomic E-state index is 0.249. The van der Waals surface area contributed by atoms with E-state index in [1.807, 2.05) is 6.20 Å². The third kappa shape index (κ3) is 4.43. The van der Waals surface area contributed by atoms with Gasteiger partial charge in [-0.2, -0.15) is 0 Å². The zero-order valence-electron chi connectivity index (χ0n) is 9.87. The molecule has 84 valence electrons. The maximum absolute atomic E-state index is 5.92. The van der Waals surface area contributed by atoms with Crippen molar-refractivity contribution in [3.05, 3.63) is 29.6 Å². The molecule has 0 aliphatic carbocycles. The van der Waals surface area contributed by atoms with E-state index < -0.39 is 0 Å². The van der Waals surface area contributed by atoms with E-state index >= 15 is 0 Å². The molecule has 0 aliphatic heterocycles. The van der Waals surface area contributed by atoms with Crippen molar-refractivity contribution < 1.29 is 0 Å². The largest absolute Gasteiger partial charge is 0.327 e. The third-order valence-electron chi connectivity index (χ3n) is 2.70. The van der Waals surface area contributed by atoms with Crippen LogP contribution in [0.25, 0.3) is 0 Å². The number of hydrogen-bond acceptors (Lipinski definition) is 2. The summed E-state index contributed by atoms with van der Waals surface area (Å²) in [5.41, 5.74) is 8.45. The van der Waals surface area contributed by atoms with Crippen molar-refractivity contribution in [3.63, 3.8) is 0 Å². The Morgan fingerprint density at radius 1 is 1.40 bits per heavy atom. The van der Waals surface area contributed by atoms with E-state index in [1.54, 1.807) is 0 Å². The summed E-state index contributed by atoms with van der Waals surface area (Å²) in [5.74, 6) is 0. The van der Waals surface area contributed by atoms with Crippen LogP contribution >= 0.6 is 0 Å². The Morgan fingerprint density at radius 3 is 2.87 bits per heavy atom. The fraction of sp³-hybridized carbons (Fsp3) is 0.615. The number of pyridine rings is 1. The summed E-state index contributed by atoms with van der Waals surface area (Å²) in [6, 6.07) is 4.56. The Balaban J connectivity index is 2.57. The molecule has 1 aromatic rings. The van der Waals surface area contributed by atoms with Crippen LogP contribution in [0.15, 0.2) is 18.3 Å². The molecule has 0 fully saturated rings. The van der Waals surface area contributed by atoms with Crippen molar-refractivity contribution in [2.75, 3.05) is 0 Å². The molecular weight excluding hydrogens is 184 g/mol. The van der Waals surface area contributed by atoms with Crippen molar-refractivity contribution in [2.24, 2.45) is 5.73 Å². The van der Waals surface area contributed by atoms with E-state index in [1.165, 1.54) is 18.4 Å². The second kappa shape index (κ2) is 6.57. The standard InChI is InChI=1S/C13H22N2/c1-3-5-6-11-7-8-15-13(9-11)10-12(14)4-2/h7-9,12H,3-6,10,14H2,1-2H3. The molecule has 1 aromatic heterocycles. The molecule has 0 spiro atoms. The van der Waals surface area contributed by atoms with Crippen LogP contribution in [0.5, 0.6) is 0 Å². The topological polar surface area (TPSA) is 38.9 Å². The Bertz CT molecular complexity index is 284. The molecule has 0 bridgehead atoms. The maximum atomic E-state index is 5.92. The lowest BCUT2D eigenvalue weighted by Crippen LogP contribution is -2.21. The minimum absolute atomic E-state index is 0.249. The summed E-state index contributed by atoms with van der Waals surface area (Å²) < 4.78 is 0. The third-order valence-corrected chi connectivity index (χ3v) is 2.70. The molecule has 0 aromatic carbocycles. The van der Waals surface area contributed by atoms with Crippen molar-refractivity contribution in [1.82, 2.24) is 4.98 Å². The summed E-state index contributed by atoms with van der Waals surface area (Å²) in [4.78, 5) is 4.36. The van der Waals surface area contributed by atoms with Crippen molar-refractivity contribution >= 4 is 0 Å². The zero-order chi connectivity index (χ0) is 11.1. The number of nitrogens with two attached hydrogens (primary N) is 1. The smallest absolute Gasteiger partial charge is 0.0421 e. The van der Waals surface area contributed by atoms with Gasteiger partial charge in [-0.05, 0) is 37.0 Å². The van der Waals surface area contributed by atoms with Gasteiger partial charge in [-0.3, -0.25) is 4.98 Å². The highest BCUT2D eigenvalue weighted by Crippen LogP contribution is 2.08. The zero-order valence-corrected chi connectivity index (χ0v) is 9.87. The molecule has 0 saturated heterocycles. The lowest BCUT2D eigenvalue weighted by atomic mass is 10.1. The first kappa shape index (κ1) is 12.2. The first-order valence-corrected chi connectivity index (χ1v) is 5.95. The van der Waals surface area contributed by atoms with E-state index in [0.717, 1.165) is 25.0 Å². The Kier molecular flexibility index (Phi) is 5.33. The number of rotatable bonds is 6. The van der Waals surface area contributed by atoms with Crippen LogP contribution in [0.2, 0.25) is 0 Å². The molecule has 0 amide bonds. The Labute approximate surface area is 92.9 Å². The van der Waals surface area contributed by atoms with Gasteiger partial charge < -0.3 is 5.73 Å². The summed E-state index contributed by atoms with van der Waals surface area (Å²) in [6.07, 6.45) is 7.48. The SMILES string of the molecule is CCCCc1ccnc(CC(N)CC)c1. The molecule has 2 N–H and O–H groups in total. The molecule has 1 atom stereocenters. The van der Waals surface area contributed by atoms with E-state index in [0.29, 0.717) is 0 Å². The predicted molar refractivity (Wildman–Crippen MR) is 64.8 cm³/mol. The molecule has 15 heavy (non-hydrogen) atoms. The maximum Gasteiger partial charge on any atom is 0.0421 e. The second-order valence-electron chi connectivity index (χ2n) is 4.13. The lowest BCUT2D eigenvalue weighted by Gasteiger charge is -2.08. The van der Waals surface area contributed by atoms with Gasteiger partial charge in [0.15, 0.2) is 0 Å². The van der Waals surface area contributed by atoms with E-state index in [4.69, 9.17) is 5.73 Å². The highest BCUT2D eigenvalue weighted by atomic mass is 14.7. The summed E-state index contributed by atoms with van der Waals surface area (Å²) in [7, 11) is 0. The van der Waals surface area contributed by atoms with Gasteiger partial charge in [-0.15, -0.1) is 0 Å². The summed E-state index contributed by atoms with van der Waals surface area (Å²) in [5, 5.41) is 0. The quantitative estimate of drug-likeness (QED) is 0.777. The normalized spacial score (nSPS) is 12.7. The van der Waals surface area contributed by atoms with Crippen molar-refractivity contribution in [2.45, 2.75) is 52.0 Å². The van der Waals surface area contributed by atoms with Crippen molar-refractivity contribution in [1.29, 1.82) is 0 Å². The number of aryl methyl sites for hydroxylation is 1. The van der Waals surface area contributed by atoms with Crippen LogP contribution < -0.4 is 5.73 Å². The first-order valence-electron chi connectivity index (χ1n) is 5.95. The molecule has 1 unspecified atom stereocenters. The monoisotopic (exact) mass is 206 g/mol. The van der Waals surface area contributed by atoms with Gasteiger partial charge in [0.05, 0.1) is 0 Å². The molecule has 1 rings (SSSR count). The number of nitrogens with zero attached hydrogens (tertiary/aromatic N) is 1. The van der Waals surface area contributed by atoms with Gasteiger partial charge in [0, 0.05) is 24.4 Å². The number of unbranched alkanes of at least 4 members (excludes halogenated alkanes) is 1. The molecule has 1 heterocycles. The van der Waals surface area contributed by atoms with Crippen LogP contribution in [-0.4, -0.2) is 11.0 Å². The van der Waals surface area contributed by atoms with Crippen LogP contribution in [-0.2, 0) is 12.8 Å². The van der Waals surface area contributed by atoms with Crippen LogP contribution in [0.4, 0.5) is 0 Å². The van der Waals surface area contributed by atoms with Crippen molar-refractivity contribution in [3.8, 4) is 0 Å². The molecule has 0 radical (unpaired) electrons. The van der Waals surface area contributed by atoms with Gasteiger partial charge in [0.1, 0.15) is 0 Å². The van der Waals surface area contributed by atoms with E-state index in [9.17, 15) is 0 Å². The number of hydrogen-bond donors (Lipinski definition) is 1. The average Bonchev–Trinajstić information content (AvgIpc) is 2.26. The molecular formula is C13H22N2. The minimum Gasteiger partial charge on any atom is -0.327 e. The highest BCUT2D eigenvalue weighted by Gasteiger charge is 2.03. The summed E-state index contributed by atoms with van der Waals surface area (Å²) >= 11 is 0. The fourth-order valence-electron chi connectivity index (χ4n) is 1.59. The first-order chi connectivity index (χ1) is 7.26. The van der Waals surface area contributed by atoms with Gasteiger partial charge in [-0.1, -0.05) is 20.3 Å². The fourth-order valence-corrected chi connectivity index (χ4v) is 1.59. The van der Waals surface area contributed by atoms with Crippen LogP contribution in [0, 0.1) is 0 Å². The Morgan fingerprint density at radius 2 is 2.20 bits per heavy atom. The predicted octanol–water partition coefficient (Wildman–Crippen LogP) is 2.70. The van der Waals surface area contributed by atoms with Gasteiger partial charge in [0.25, 0.3) is 0 Å². The molecule has 0 saturated carbocycles. The van der Waals surface area contributed by atoms with Crippen LogP contribution in [0.1, 0.15) is 44.4 Å². The average molecular weight is 206 g/mol.